The van der Waals surface area contributed by atoms with E-state index in [1.165, 1.54) is 24.3 Å². The molecule has 0 saturated heterocycles. The summed E-state index contributed by atoms with van der Waals surface area (Å²) in [5.41, 5.74) is 5.96. The first-order valence-corrected chi connectivity index (χ1v) is 7.20. The molecular formula is C15H19F3N2O2. The Hall–Kier alpha value is -1.76. The van der Waals surface area contributed by atoms with Gasteiger partial charge in [-0.25, -0.2) is 0 Å². The van der Waals surface area contributed by atoms with E-state index in [1.807, 2.05) is 0 Å². The van der Waals surface area contributed by atoms with Gasteiger partial charge in [0.1, 0.15) is 5.75 Å². The Morgan fingerprint density at radius 3 is 2.32 bits per heavy atom. The van der Waals surface area contributed by atoms with Crippen LogP contribution in [0.2, 0.25) is 0 Å². The highest BCUT2D eigenvalue weighted by Crippen LogP contribution is 2.26. The third kappa shape index (κ3) is 4.62. The molecule has 1 aromatic carbocycles. The van der Waals surface area contributed by atoms with E-state index in [1.54, 1.807) is 0 Å². The van der Waals surface area contributed by atoms with Crippen molar-refractivity contribution in [3.05, 3.63) is 29.8 Å². The Labute approximate surface area is 126 Å². The van der Waals surface area contributed by atoms with E-state index in [2.05, 4.69) is 10.1 Å². The maximum Gasteiger partial charge on any atom is 0.573 e. The van der Waals surface area contributed by atoms with Crippen LogP contribution in [0.25, 0.3) is 0 Å². The van der Waals surface area contributed by atoms with Crippen LogP contribution in [-0.4, -0.2) is 17.8 Å². The van der Waals surface area contributed by atoms with Crippen molar-refractivity contribution < 1.29 is 22.7 Å². The number of hydrogen-bond acceptors (Lipinski definition) is 3. The minimum Gasteiger partial charge on any atom is -0.406 e. The number of alkyl halides is 3. The van der Waals surface area contributed by atoms with Crippen molar-refractivity contribution in [3.8, 4) is 5.75 Å². The monoisotopic (exact) mass is 316 g/mol. The number of halogens is 3. The Morgan fingerprint density at radius 2 is 1.77 bits per heavy atom. The molecule has 2 rings (SSSR count). The van der Waals surface area contributed by atoms with E-state index in [4.69, 9.17) is 5.73 Å². The maximum atomic E-state index is 12.1. The highest BCUT2D eigenvalue weighted by atomic mass is 19.4. The molecule has 1 aliphatic rings. The minimum absolute atomic E-state index is 0.206. The number of rotatable bonds is 4. The minimum atomic E-state index is -4.71. The molecule has 0 unspecified atom stereocenters. The van der Waals surface area contributed by atoms with Gasteiger partial charge in [-0.15, -0.1) is 13.2 Å². The van der Waals surface area contributed by atoms with E-state index in [9.17, 15) is 18.0 Å². The predicted octanol–water partition coefficient (Wildman–Crippen LogP) is 2.86. The molecule has 0 spiro atoms. The zero-order valence-corrected chi connectivity index (χ0v) is 12.1. The number of hydrogen-bond donors (Lipinski definition) is 2. The lowest BCUT2D eigenvalue weighted by atomic mass is 9.82. The molecule has 0 heterocycles. The zero-order chi connectivity index (χ0) is 16.2. The predicted molar refractivity (Wildman–Crippen MR) is 75.0 cm³/mol. The summed E-state index contributed by atoms with van der Waals surface area (Å²) in [6.07, 6.45) is -0.412. The Morgan fingerprint density at radius 1 is 1.18 bits per heavy atom. The van der Waals surface area contributed by atoms with Crippen molar-refractivity contribution in [1.82, 2.24) is 5.32 Å². The number of ether oxygens (including phenoxy) is 1. The van der Waals surface area contributed by atoms with Gasteiger partial charge in [-0.3, -0.25) is 4.79 Å². The lowest BCUT2D eigenvalue weighted by Crippen LogP contribution is -2.54. The number of carbonyl (C=O) groups excluding carboxylic acids is 1. The molecule has 1 amide bonds. The number of carbonyl (C=O) groups is 1. The molecule has 0 aromatic heterocycles. The van der Waals surface area contributed by atoms with Gasteiger partial charge in [0.2, 0.25) is 5.91 Å². The van der Waals surface area contributed by atoms with E-state index in [0.717, 1.165) is 19.3 Å². The molecule has 1 aliphatic carbocycles. The molecule has 0 aliphatic heterocycles. The van der Waals surface area contributed by atoms with Crippen molar-refractivity contribution in [2.75, 3.05) is 0 Å². The molecular weight excluding hydrogens is 297 g/mol. The second-order valence-corrected chi connectivity index (χ2v) is 5.59. The van der Waals surface area contributed by atoms with E-state index < -0.39 is 11.9 Å². The van der Waals surface area contributed by atoms with Gasteiger partial charge < -0.3 is 15.8 Å². The molecule has 4 nitrogen and oxygen atoms in total. The lowest BCUT2D eigenvalue weighted by molar-refractivity contribution is -0.274. The number of nitrogens with two attached hydrogens (primary N) is 1. The van der Waals surface area contributed by atoms with Crippen molar-refractivity contribution in [1.29, 1.82) is 0 Å². The van der Waals surface area contributed by atoms with Gasteiger partial charge >= 0.3 is 6.36 Å². The second kappa shape index (κ2) is 6.56. The van der Waals surface area contributed by atoms with Gasteiger partial charge in [0, 0.05) is 6.54 Å². The highest BCUT2D eigenvalue weighted by Gasteiger charge is 2.35. The molecule has 1 aromatic rings. The third-order valence-electron chi connectivity index (χ3n) is 3.81. The van der Waals surface area contributed by atoms with Crippen molar-refractivity contribution in [2.45, 2.75) is 50.6 Å². The lowest BCUT2D eigenvalue weighted by Gasteiger charge is -2.31. The first-order valence-electron chi connectivity index (χ1n) is 7.20. The summed E-state index contributed by atoms with van der Waals surface area (Å²) < 4.78 is 39.9. The number of nitrogens with one attached hydrogen (secondary N) is 1. The van der Waals surface area contributed by atoms with Gasteiger partial charge in [-0.2, -0.15) is 0 Å². The number of benzene rings is 1. The van der Waals surface area contributed by atoms with Gasteiger partial charge in [-0.05, 0) is 30.5 Å². The summed E-state index contributed by atoms with van der Waals surface area (Å²) in [5, 5.41) is 2.75. The average molecular weight is 316 g/mol. The molecule has 22 heavy (non-hydrogen) atoms. The smallest absolute Gasteiger partial charge is 0.406 e. The largest absolute Gasteiger partial charge is 0.573 e. The molecule has 1 fully saturated rings. The molecule has 0 bridgehead atoms. The van der Waals surface area contributed by atoms with Gasteiger partial charge in [-0.1, -0.05) is 31.4 Å². The van der Waals surface area contributed by atoms with Crippen LogP contribution < -0.4 is 15.8 Å². The van der Waals surface area contributed by atoms with Gasteiger partial charge in [0.25, 0.3) is 0 Å². The van der Waals surface area contributed by atoms with Gasteiger partial charge in [0.05, 0.1) is 5.54 Å². The summed E-state index contributed by atoms with van der Waals surface area (Å²) in [4.78, 5) is 12.1. The summed E-state index contributed by atoms with van der Waals surface area (Å²) >= 11 is 0. The standard InChI is InChI=1S/C15H19F3N2O2/c16-15(17,18)22-12-6-4-11(5-7-12)10-20-13(21)14(19)8-2-1-3-9-14/h4-7H,1-3,8-10,19H2,(H,20,21). The maximum absolute atomic E-state index is 12.1. The van der Waals surface area contributed by atoms with Crippen LogP contribution in [0.3, 0.4) is 0 Å². The van der Waals surface area contributed by atoms with Gasteiger partial charge in [0.15, 0.2) is 0 Å². The van der Waals surface area contributed by atoms with Crippen LogP contribution in [0.1, 0.15) is 37.7 Å². The summed E-state index contributed by atoms with van der Waals surface area (Å²) in [7, 11) is 0. The zero-order valence-electron chi connectivity index (χ0n) is 12.1. The highest BCUT2D eigenvalue weighted by molar-refractivity contribution is 5.86. The molecule has 0 atom stereocenters. The fourth-order valence-electron chi connectivity index (χ4n) is 2.58. The summed E-state index contributed by atoms with van der Waals surface area (Å²) in [6, 6.07) is 5.39. The van der Waals surface area contributed by atoms with Crippen molar-refractivity contribution in [2.24, 2.45) is 5.73 Å². The van der Waals surface area contributed by atoms with Crippen molar-refractivity contribution >= 4 is 5.91 Å². The van der Waals surface area contributed by atoms with Crippen LogP contribution in [0.4, 0.5) is 13.2 Å². The fourth-order valence-corrected chi connectivity index (χ4v) is 2.58. The Bertz CT molecular complexity index is 509. The van der Waals surface area contributed by atoms with E-state index >= 15 is 0 Å². The van der Waals surface area contributed by atoms with Crippen LogP contribution >= 0.6 is 0 Å². The first-order chi connectivity index (χ1) is 10.3. The molecule has 1 saturated carbocycles. The van der Waals surface area contributed by atoms with Crippen molar-refractivity contribution in [3.63, 3.8) is 0 Å². The molecule has 122 valence electrons. The van der Waals surface area contributed by atoms with Crippen LogP contribution in [0, 0.1) is 0 Å². The number of amides is 1. The Balaban J connectivity index is 1.87. The Kier molecular flexibility index (Phi) is 4.95. The summed E-state index contributed by atoms with van der Waals surface area (Å²) in [6.45, 7) is 0.226. The van der Waals surface area contributed by atoms with E-state index in [0.29, 0.717) is 18.4 Å². The first kappa shape index (κ1) is 16.6. The summed E-state index contributed by atoms with van der Waals surface area (Å²) in [5.74, 6) is -0.493. The van der Waals surface area contributed by atoms with Crippen LogP contribution in [0.15, 0.2) is 24.3 Å². The molecule has 0 radical (unpaired) electrons. The van der Waals surface area contributed by atoms with Crippen LogP contribution in [-0.2, 0) is 11.3 Å². The average Bonchev–Trinajstić information content (AvgIpc) is 2.45. The van der Waals surface area contributed by atoms with Crippen LogP contribution in [0.5, 0.6) is 5.75 Å². The molecule has 7 heteroatoms. The quantitative estimate of drug-likeness (QED) is 0.898. The second-order valence-electron chi connectivity index (χ2n) is 5.59. The fraction of sp³-hybridized carbons (Fsp3) is 0.533. The van der Waals surface area contributed by atoms with E-state index in [-0.39, 0.29) is 18.2 Å². The SMILES string of the molecule is NC1(C(=O)NCc2ccc(OC(F)(F)F)cc2)CCCCC1. The normalized spacial score (nSPS) is 17.8. The molecule has 3 N–H and O–H groups in total. The topological polar surface area (TPSA) is 64.4 Å². The third-order valence-corrected chi connectivity index (χ3v) is 3.81.